The van der Waals surface area contributed by atoms with Crippen molar-refractivity contribution >= 4 is 35.3 Å². The maximum absolute atomic E-state index is 12.6. The Morgan fingerprint density at radius 1 is 1.25 bits per heavy atom. The highest BCUT2D eigenvalue weighted by atomic mass is 35.5. The van der Waals surface area contributed by atoms with Gasteiger partial charge in [0, 0.05) is 23.4 Å². The molecule has 1 amide bonds. The van der Waals surface area contributed by atoms with Crippen molar-refractivity contribution in [2.24, 2.45) is 0 Å². The van der Waals surface area contributed by atoms with Crippen LogP contribution in [0.3, 0.4) is 0 Å². The quantitative estimate of drug-likeness (QED) is 0.745. The van der Waals surface area contributed by atoms with Gasteiger partial charge in [-0.3, -0.25) is 4.79 Å². The van der Waals surface area contributed by atoms with Crippen LogP contribution < -0.4 is 4.74 Å². The predicted octanol–water partition coefficient (Wildman–Crippen LogP) is 4.64. The summed E-state index contributed by atoms with van der Waals surface area (Å²) in [5.41, 5.74) is 1.96. The topological polar surface area (TPSA) is 29.5 Å². The molecule has 0 aromatic heterocycles. The normalized spacial score (nSPS) is 17.4. The van der Waals surface area contributed by atoms with Crippen molar-refractivity contribution in [3.05, 3.63) is 70.8 Å². The van der Waals surface area contributed by atoms with Gasteiger partial charge in [-0.1, -0.05) is 41.9 Å². The van der Waals surface area contributed by atoms with Crippen LogP contribution in [-0.4, -0.2) is 30.2 Å². The van der Waals surface area contributed by atoms with E-state index in [0.29, 0.717) is 5.02 Å². The molecule has 2 aromatic rings. The highest BCUT2D eigenvalue weighted by Gasteiger charge is 2.29. The number of carbonyl (C=O) groups excluding carboxylic acids is 1. The van der Waals surface area contributed by atoms with E-state index in [9.17, 15) is 4.79 Å². The Hall–Kier alpha value is -1.91. The lowest BCUT2D eigenvalue weighted by Crippen LogP contribution is -2.28. The van der Waals surface area contributed by atoms with Gasteiger partial charge < -0.3 is 9.64 Å². The molecule has 3 nitrogen and oxygen atoms in total. The summed E-state index contributed by atoms with van der Waals surface area (Å²) in [7, 11) is 1.65. The highest BCUT2D eigenvalue weighted by molar-refractivity contribution is 7.99. The number of nitrogens with zero attached hydrogens (tertiary/aromatic N) is 1. The second-order valence-corrected chi connectivity index (χ2v) is 6.98. The fraction of sp³-hybridized carbons (Fsp3) is 0.211. The van der Waals surface area contributed by atoms with Crippen molar-refractivity contribution in [2.45, 2.75) is 5.37 Å². The molecule has 0 saturated carbocycles. The molecular formula is C19H18ClNO2S. The molecule has 2 aromatic carbocycles. The van der Waals surface area contributed by atoms with Crippen LogP contribution >= 0.6 is 23.4 Å². The standard InChI is InChI=1S/C19H18ClNO2S/c1-23-16-9-6-15(7-10-16)19-21(12-13-24-19)18(22)11-8-14-4-2-3-5-17(14)20/h2-11,19H,12-13H2,1H3/b11-8+/t19-/m0/s1. The molecular weight excluding hydrogens is 342 g/mol. The third-order valence-corrected chi connectivity index (χ3v) is 5.49. The second-order valence-electron chi connectivity index (χ2n) is 5.38. The SMILES string of the molecule is COc1ccc([C@@H]2SCCN2C(=O)/C=C/c2ccccc2Cl)cc1. The van der Waals surface area contributed by atoms with Crippen molar-refractivity contribution in [1.82, 2.24) is 4.90 Å². The first-order chi connectivity index (χ1) is 11.7. The van der Waals surface area contributed by atoms with Crippen molar-refractivity contribution in [1.29, 1.82) is 0 Å². The lowest BCUT2D eigenvalue weighted by atomic mass is 10.2. The molecule has 0 unspecified atom stereocenters. The highest BCUT2D eigenvalue weighted by Crippen LogP contribution is 2.38. The van der Waals surface area contributed by atoms with Gasteiger partial charge in [-0.25, -0.2) is 0 Å². The third-order valence-electron chi connectivity index (χ3n) is 3.89. The van der Waals surface area contributed by atoms with Crippen LogP contribution in [0.15, 0.2) is 54.6 Å². The largest absolute Gasteiger partial charge is 0.497 e. The lowest BCUT2D eigenvalue weighted by Gasteiger charge is -2.23. The van der Waals surface area contributed by atoms with E-state index >= 15 is 0 Å². The number of rotatable bonds is 4. The molecule has 1 heterocycles. The van der Waals surface area contributed by atoms with Crippen LogP contribution in [0.4, 0.5) is 0 Å². The average molecular weight is 360 g/mol. The van der Waals surface area contributed by atoms with Gasteiger partial charge in [0.1, 0.15) is 11.1 Å². The minimum atomic E-state index is 0.000683. The molecule has 1 saturated heterocycles. The van der Waals surface area contributed by atoms with Crippen LogP contribution in [0.5, 0.6) is 5.75 Å². The second kappa shape index (κ2) is 7.77. The summed E-state index contributed by atoms with van der Waals surface area (Å²) in [6, 6.07) is 15.4. The molecule has 0 radical (unpaired) electrons. The predicted molar refractivity (Wildman–Crippen MR) is 100 cm³/mol. The van der Waals surface area contributed by atoms with E-state index in [0.717, 1.165) is 29.2 Å². The molecule has 1 aliphatic heterocycles. The van der Waals surface area contributed by atoms with Gasteiger partial charge in [0.05, 0.1) is 7.11 Å². The van der Waals surface area contributed by atoms with E-state index in [4.69, 9.17) is 16.3 Å². The van der Waals surface area contributed by atoms with Gasteiger partial charge in [0.2, 0.25) is 5.91 Å². The zero-order valence-electron chi connectivity index (χ0n) is 13.3. The molecule has 24 heavy (non-hydrogen) atoms. The smallest absolute Gasteiger partial charge is 0.247 e. The molecule has 1 fully saturated rings. The van der Waals surface area contributed by atoms with E-state index < -0.39 is 0 Å². The van der Waals surface area contributed by atoms with Gasteiger partial charge in [-0.2, -0.15) is 0 Å². The lowest BCUT2D eigenvalue weighted by molar-refractivity contribution is -0.126. The molecule has 1 atom stereocenters. The molecule has 0 aliphatic carbocycles. The summed E-state index contributed by atoms with van der Waals surface area (Å²) in [6.45, 7) is 0.743. The van der Waals surface area contributed by atoms with E-state index in [2.05, 4.69) is 0 Å². The zero-order chi connectivity index (χ0) is 16.9. The molecule has 5 heteroatoms. The number of ether oxygens (including phenoxy) is 1. The van der Waals surface area contributed by atoms with Gasteiger partial charge >= 0.3 is 0 Å². The van der Waals surface area contributed by atoms with Gasteiger partial charge in [-0.05, 0) is 35.4 Å². The number of thioether (sulfide) groups is 1. The van der Waals surface area contributed by atoms with Crippen molar-refractivity contribution in [3.8, 4) is 5.75 Å². The maximum Gasteiger partial charge on any atom is 0.247 e. The number of carbonyl (C=O) groups is 1. The summed E-state index contributed by atoms with van der Waals surface area (Å²) in [4.78, 5) is 14.5. The molecule has 124 valence electrons. The summed E-state index contributed by atoms with van der Waals surface area (Å²) in [5.74, 6) is 1.75. The third kappa shape index (κ3) is 3.77. The van der Waals surface area contributed by atoms with Crippen LogP contribution in [0.1, 0.15) is 16.5 Å². The Morgan fingerprint density at radius 3 is 2.71 bits per heavy atom. The molecule has 0 N–H and O–H groups in total. The Morgan fingerprint density at radius 2 is 2.00 bits per heavy atom. The molecule has 0 spiro atoms. The van der Waals surface area contributed by atoms with E-state index in [1.54, 1.807) is 31.0 Å². The first-order valence-corrected chi connectivity index (χ1v) is 9.10. The number of hydrogen-bond donors (Lipinski definition) is 0. The minimum Gasteiger partial charge on any atom is -0.497 e. The Kier molecular flexibility index (Phi) is 5.48. The Bertz CT molecular complexity index is 745. The summed E-state index contributed by atoms with van der Waals surface area (Å²) < 4.78 is 5.19. The minimum absolute atomic E-state index is 0.000683. The van der Waals surface area contributed by atoms with Crippen LogP contribution in [0, 0.1) is 0 Å². The number of halogens is 1. The number of amides is 1. The first kappa shape index (κ1) is 16.9. The van der Waals surface area contributed by atoms with E-state index in [1.165, 1.54) is 0 Å². The van der Waals surface area contributed by atoms with Gasteiger partial charge in [0.15, 0.2) is 0 Å². The first-order valence-electron chi connectivity index (χ1n) is 7.68. The number of hydrogen-bond acceptors (Lipinski definition) is 3. The molecule has 1 aliphatic rings. The molecule has 0 bridgehead atoms. The Balaban J connectivity index is 1.74. The monoisotopic (exact) mass is 359 g/mol. The van der Waals surface area contributed by atoms with Crippen molar-refractivity contribution < 1.29 is 9.53 Å². The fourth-order valence-corrected chi connectivity index (χ4v) is 4.07. The van der Waals surface area contributed by atoms with E-state index in [1.807, 2.05) is 53.4 Å². The Labute approximate surface area is 151 Å². The summed E-state index contributed by atoms with van der Waals surface area (Å²) >= 11 is 7.90. The fourth-order valence-electron chi connectivity index (χ4n) is 2.61. The maximum atomic E-state index is 12.6. The van der Waals surface area contributed by atoms with Crippen LogP contribution in [0.25, 0.3) is 6.08 Å². The van der Waals surface area contributed by atoms with E-state index in [-0.39, 0.29) is 11.3 Å². The number of benzene rings is 2. The zero-order valence-corrected chi connectivity index (χ0v) is 14.9. The van der Waals surface area contributed by atoms with Gasteiger partial charge in [-0.15, -0.1) is 11.8 Å². The summed E-state index contributed by atoms with van der Waals surface area (Å²) in [5, 5.41) is 0.684. The van der Waals surface area contributed by atoms with Gasteiger partial charge in [0.25, 0.3) is 0 Å². The van der Waals surface area contributed by atoms with Crippen molar-refractivity contribution in [2.75, 3.05) is 19.4 Å². The molecule has 3 rings (SSSR count). The van der Waals surface area contributed by atoms with Crippen molar-refractivity contribution in [3.63, 3.8) is 0 Å². The average Bonchev–Trinajstić information content (AvgIpc) is 3.10. The van der Waals surface area contributed by atoms with Crippen LogP contribution in [-0.2, 0) is 4.79 Å². The number of methoxy groups -OCH3 is 1. The summed E-state index contributed by atoms with van der Waals surface area (Å²) in [6.07, 6.45) is 3.38. The van der Waals surface area contributed by atoms with Crippen LogP contribution in [0.2, 0.25) is 5.02 Å².